The Balaban J connectivity index is 2.53. The predicted octanol–water partition coefficient (Wildman–Crippen LogP) is 1.29. The lowest BCUT2D eigenvalue weighted by molar-refractivity contribution is -0.139. The first-order chi connectivity index (χ1) is 17.0. The largest absolute Gasteiger partial charge is 0.393 e. The third-order valence-corrected chi connectivity index (χ3v) is 7.37. The molecular formula is C27H42N4O5. The van der Waals surface area contributed by atoms with Crippen molar-refractivity contribution in [1.29, 1.82) is 0 Å². The van der Waals surface area contributed by atoms with Crippen LogP contribution in [0.1, 0.15) is 59.9 Å². The number of carbonyl (C=O) groups excluding carboxylic acids is 4. The lowest BCUT2D eigenvalue weighted by atomic mass is 9.91. The van der Waals surface area contributed by atoms with Gasteiger partial charge < -0.3 is 26.4 Å². The van der Waals surface area contributed by atoms with Crippen LogP contribution in [0.15, 0.2) is 30.3 Å². The molecule has 0 aromatic heterocycles. The zero-order valence-electron chi connectivity index (χ0n) is 22.2. The number of aliphatic hydroxyl groups excluding tert-OH is 1. The van der Waals surface area contributed by atoms with Crippen molar-refractivity contribution < 1.29 is 24.3 Å². The van der Waals surface area contributed by atoms with E-state index in [4.69, 9.17) is 0 Å². The number of carbonyl (C=O) groups is 4. The highest BCUT2D eigenvalue weighted by molar-refractivity contribution is 5.98. The van der Waals surface area contributed by atoms with Crippen LogP contribution in [0.5, 0.6) is 0 Å². The Morgan fingerprint density at radius 3 is 1.61 bits per heavy atom. The maximum Gasteiger partial charge on any atom is 0.243 e. The molecule has 1 aromatic rings. The van der Waals surface area contributed by atoms with Crippen LogP contribution in [0.3, 0.4) is 0 Å². The Morgan fingerprint density at radius 2 is 1.14 bits per heavy atom. The van der Waals surface area contributed by atoms with Crippen LogP contribution in [0.25, 0.3) is 0 Å². The normalized spacial score (nSPS) is 27.2. The predicted molar refractivity (Wildman–Crippen MR) is 138 cm³/mol. The van der Waals surface area contributed by atoms with Crippen LogP contribution in [-0.4, -0.2) is 59.0 Å². The van der Waals surface area contributed by atoms with Gasteiger partial charge in [-0.3, -0.25) is 19.2 Å². The third-order valence-electron chi connectivity index (χ3n) is 7.37. The summed E-state index contributed by atoms with van der Waals surface area (Å²) >= 11 is 0. The Bertz CT molecular complexity index is 907. The molecule has 1 fully saturated rings. The Morgan fingerprint density at radius 1 is 0.694 bits per heavy atom. The quantitative estimate of drug-likeness (QED) is 0.365. The number of amides is 4. The molecule has 4 amide bonds. The number of aliphatic hydroxyl groups is 1. The first kappa shape index (κ1) is 29.3. The first-order valence-corrected chi connectivity index (χ1v) is 12.9. The fraction of sp³-hybridized carbons (Fsp3) is 0.630. The molecule has 9 heteroatoms. The van der Waals surface area contributed by atoms with Crippen LogP contribution >= 0.6 is 0 Å². The zero-order valence-corrected chi connectivity index (χ0v) is 22.2. The van der Waals surface area contributed by atoms with Gasteiger partial charge in [0.05, 0.1) is 6.10 Å². The molecule has 5 N–H and O–H groups in total. The average molecular weight is 503 g/mol. The van der Waals surface area contributed by atoms with E-state index in [1.165, 1.54) is 0 Å². The molecule has 0 aliphatic carbocycles. The highest BCUT2D eigenvalue weighted by Gasteiger charge is 2.39. The molecule has 9 nitrogen and oxygen atoms in total. The zero-order chi connectivity index (χ0) is 27.0. The molecule has 0 radical (unpaired) electrons. The molecule has 1 aromatic carbocycles. The summed E-state index contributed by atoms with van der Waals surface area (Å²) in [5.41, 5.74) is 0.829. The SMILES string of the molecule is CC[C@H](C)[C@@H]1NC(=O)[C@H](Cc2ccccc2)NC(=O)[C@H]([C@@H](C)C(C)O)NC(=O)[C@H]([C@@H](C)CC)NC1=O. The van der Waals surface area contributed by atoms with Crippen molar-refractivity contribution in [3.63, 3.8) is 0 Å². The van der Waals surface area contributed by atoms with Gasteiger partial charge in [0.15, 0.2) is 0 Å². The first-order valence-electron chi connectivity index (χ1n) is 12.9. The fourth-order valence-corrected chi connectivity index (χ4v) is 4.18. The Kier molecular flexibility index (Phi) is 10.9. The van der Waals surface area contributed by atoms with Crippen LogP contribution in [-0.2, 0) is 25.6 Å². The van der Waals surface area contributed by atoms with Gasteiger partial charge in [-0.25, -0.2) is 0 Å². The number of benzene rings is 1. The van der Waals surface area contributed by atoms with E-state index < -0.39 is 59.8 Å². The molecule has 0 spiro atoms. The second-order valence-electron chi connectivity index (χ2n) is 10.1. The minimum absolute atomic E-state index is 0.200. The minimum Gasteiger partial charge on any atom is -0.393 e. The molecule has 36 heavy (non-hydrogen) atoms. The lowest BCUT2D eigenvalue weighted by Crippen LogP contribution is -2.65. The highest BCUT2D eigenvalue weighted by atomic mass is 16.3. The van der Waals surface area contributed by atoms with Gasteiger partial charge in [0.2, 0.25) is 23.6 Å². The van der Waals surface area contributed by atoms with E-state index >= 15 is 0 Å². The van der Waals surface area contributed by atoms with Crippen molar-refractivity contribution in [2.75, 3.05) is 0 Å². The molecule has 1 aliphatic rings. The van der Waals surface area contributed by atoms with Crippen molar-refractivity contribution in [3.8, 4) is 0 Å². The van der Waals surface area contributed by atoms with Gasteiger partial charge in [-0.05, 0) is 24.3 Å². The minimum atomic E-state index is -1.10. The highest BCUT2D eigenvalue weighted by Crippen LogP contribution is 2.16. The van der Waals surface area contributed by atoms with E-state index in [0.717, 1.165) is 5.56 Å². The summed E-state index contributed by atoms with van der Waals surface area (Å²) < 4.78 is 0. The number of hydrogen-bond donors (Lipinski definition) is 5. The smallest absolute Gasteiger partial charge is 0.243 e. The Hall–Kier alpha value is -2.94. The summed E-state index contributed by atoms with van der Waals surface area (Å²) in [6.45, 7) is 10.7. The monoisotopic (exact) mass is 502 g/mol. The van der Waals surface area contributed by atoms with Gasteiger partial charge in [0.25, 0.3) is 0 Å². The summed E-state index contributed by atoms with van der Waals surface area (Å²) in [5, 5.41) is 21.4. The lowest BCUT2D eigenvalue weighted by Gasteiger charge is -2.34. The fourth-order valence-electron chi connectivity index (χ4n) is 4.18. The van der Waals surface area contributed by atoms with Gasteiger partial charge in [0, 0.05) is 12.3 Å². The van der Waals surface area contributed by atoms with Crippen LogP contribution < -0.4 is 21.3 Å². The molecule has 200 valence electrons. The molecule has 2 rings (SSSR count). The summed E-state index contributed by atoms with van der Waals surface area (Å²) in [7, 11) is 0. The van der Waals surface area contributed by atoms with Crippen molar-refractivity contribution in [1.82, 2.24) is 21.3 Å². The standard InChI is InChI=1S/C27H42N4O5/c1-7-15(3)21-25(34)30-22(16(4)8-2)26(35)31-23(17(5)18(6)32)27(36)28-20(24(33)29-21)14-19-12-10-9-11-13-19/h9-13,15-18,20-23,32H,7-8,14H2,1-6H3,(H,28,36)(H,29,33)(H,30,34)(H,31,35)/t15-,16-,17-,18?,20-,21-,22-,23-/m0/s1. The topological polar surface area (TPSA) is 137 Å². The van der Waals surface area contributed by atoms with Crippen LogP contribution in [0.4, 0.5) is 0 Å². The summed E-state index contributed by atoms with van der Waals surface area (Å²) in [4.78, 5) is 53.6. The van der Waals surface area contributed by atoms with Gasteiger partial charge in [-0.1, -0.05) is 77.8 Å². The number of nitrogens with one attached hydrogen (secondary N) is 4. The molecule has 1 unspecified atom stereocenters. The number of hydrogen-bond acceptors (Lipinski definition) is 5. The van der Waals surface area contributed by atoms with Crippen LogP contribution in [0.2, 0.25) is 0 Å². The van der Waals surface area contributed by atoms with E-state index in [1.807, 2.05) is 58.0 Å². The summed E-state index contributed by atoms with van der Waals surface area (Å²) in [5.74, 6) is -3.05. The van der Waals surface area contributed by atoms with Crippen molar-refractivity contribution in [3.05, 3.63) is 35.9 Å². The molecule has 0 bridgehead atoms. The van der Waals surface area contributed by atoms with Crippen molar-refractivity contribution in [2.45, 2.75) is 91.1 Å². The van der Waals surface area contributed by atoms with Crippen LogP contribution in [0, 0.1) is 17.8 Å². The van der Waals surface area contributed by atoms with E-state index in [-0.39, 0.29) is 18.3 Å². The molecule has 1 heterocycles. The van der Waals surface area contributed by atoms with E-state index in [1.54, 1.807) is 13.8 Å². The third kappa shape index (κ3) is 7.53. The average Bonchev–Trinajstić information content (AvgIpc) is 2.86. The van der Waals surface area contributed by atoms with E-state index in [0.29, 0.717) is 12.8 Å². The molecule has 1 aliphatic heterocycles. The molecule has 8 atom stereocenters. The van der Waals surface area contributed by atoms with Gasteiger partial charge in [0.1, 0.15) is 24.2 Å². The number of rotatable bonds is 8. The van der Waals surface area contributed by atoms with Gasteiger partial charge >= 0.3 is 0 Å². The summed E-state index contributed by atoms with van der Waals surface area (Å²) in [6.07, 6.45) is 0.539. The molecule has 1 saturated heterocycles. The van der Waals surface area contributed by atoms with E-state index in [9.17, 15) is 24.3 Å². The maximum atomic E-state index is 13.5. The Labute approximate surface area is 214 Å². The molecule has 0 saturated carbocycles. The van der Waals surface area contributed by atoms with Crippen molar-refractivity contribution >= 4 is 23.6 Å². The maximum absolute atomic E-state index is 13.5. The second kappa shape index (κ2) is 13.4. The van der Waals surface area contributed by atoms with E-state index in [2.05, 4.69) is 21.3 Å². The summed E-state index contributed by atoms with van der Waals surface area (Å²) in [6, 6.07) is 5.38. The molecular weight excluding hydrogens is 460 g/mol. The second-order valence-corrected chi connectivity index (χ2v) is 10.1. The van der Waals surface area contributed by atoms with Crippen molar-refractivity contribution in [2.24, 2.45) is 17.8 Å². The van der Waals surface area contributed by atoms with Gasteiger partial charge in [-0.2, -0.15) is 0 Å². The van der Waals surface area contributed by atoms with Gasteiger partial charge in [-0.15, -0.1) is 0 Å².